The van der Waals surface area contributed by atoms with E-state index in [2.05, 4.69) is 0 Å². The molecule has 6 nitrogen and oxygen atoms in total. The summed E-state index contributed by atoms with van der Waals surface area (Å²) in [6, 6.07) is 23.8. The Morgan fingerprint density at radius 3 is 2.09 bits per heavy atom. The number of rotatable bonds is 6. The first-order valence-electron chi connectivity index (χ1n) is 11.4. The second-order valence-corrected chi connectivity index (χ2v) is 10.8. The fourth-order valence-electron chi connectivity index (χ4n) is 4.17. The maximum Gasteiger partial charge on any atom is 0.258 e. The normalized spacial score (nSPS) is 19.0. The van der Waals surface area contributed by atoms with Gasteiger partial charge in [-0.05, 0) is 62.7 Å². The lowest BCUT2D eigenvalue weighted by Crippen LogP contribution is -2.48. The third kappa shape index (κ3) is 5.38. The molecule has 2 atom stereocenters. The number of aryl methyl sites for hydroxylation is 1. The van der Waals surface area contributed by atoms with Crippen molar-refractivity contribution in [3.8, 4) is 0 Å². The van der Waals surface area contributed by atoms with Crippen LogP contribution < -0.4 is 4.90 Å². The van der Waals surface area contributed by atoms with Gasteiger partial charge in [0.1, 0.15) is 0 Å². The first-order valence-corrected chi connectivity index (χ1v) is 12.9. The zero-order valence-corrected chi connectivity index (χ0v) is 20.5. The monoisotopic (exact) mass is 478 g/mol. The van der Waals surface area contributed by atoms with Crippen LogP contribution in [0.5, 0.6) is 0 Å². The first-order chi connectivity index (χ1) is 16.2. The SMILES string of the molecule is Cc1ccc(N(Cc2ccccc2)C(=O)c2ccc(S(=O)(=O)N3C[C@H](C)O[C@@H](C)C3)cc2)cc1. The summed E-state index contributed by atoms with van der Waals surface area (Å²) in [4.78, 5) is 15.4. The predicted octanol–water partition coefficient (Wildman–Crippen LogP) is 4.64. The number of morpholine rings is 1. The Morgan fingerprint density at radius 2 is 1.50 bits per heavy atom. The molecule has 0 saturated carbocycles. The molecule has 1 heterocycles. The molecule has 34 heavy (non-hydrogen) atoms. The van der Waals surface area contributed by atoms with Gasteiger partial charge in [-0.3, -0.25) is 4.79 Å². The summed E-state index contributed by atoms with van der Waals surface area (Å²) in [6.45, 7) is 6.77. The van der Waals surface area contributed by atoms with Gasteiger partial charge in [-0.1, -0.05) is 48.0 Å². The number of carbonyl (C=O) groups excluding carboxylic acids is 1. The van der Waals surface area contributed by atoms with Crippen molar-refractivity contribution in [2.75, 3.05) is 18.0 Å². The fourth-order valence-corrected chi connectivity index (χ4v) is 5.76. The third-order valence-electron chi connectivity index (χ3n) is 5.90. The van der Waals surface area contributed by atoms with Gasteiger partial charge in [-0.25, -0.2) is 8.42 Å². The number of carbonyl (C=O) groups is 1. The number of ether oxygens (including phenoxy) is 1. The van der Waals surface area contributed by atoms with E-state index in [-0.39, 0.29) is 23.0 Å². The van der Waals surface area contributed by atoms with E-state index in [1.54, 1.807) is 17.0 Å². The zero-order chi connectivity index (χ0) is 24.3. The van der Waals surface area contributed by atoms with E-state index in [0.29, 0.717) is 25.2 Å². The summed E-state index contributed by atoms with van der Waals surface area (Å²) in [5, 5.41) is 0. The van der Waals surface area contributed by atoms with Crippen molar-refractivity contribution in [1.29, 1.82) is 0 Å². The number of amides is 1. The van der Waals surface area contributed by atoms with Crippen LogP contribution in [0, 0.1) is 6.92 Å². The fraction of sp³-hybridized carbons (Fsp3) is 0.296. The molecule has 7 heteroatoms. The maximum absolute atomic E-state index is 13.5. The Labute approximate surface area is 201 Å². The van der Waals surface area contributed by atoms with E-state index in [1.165, 1.54) is 16.4 Å². The maximum atomic E-state index is 13.5. The van der Waals surface area contributed by atoms with E-state index in [4.69, 9.17) is 4.74 Å². The lowest BCUT2D eigenvalue weighted by molar-refractivity contribution is -0.0440. The van der Waals surface area contributed by atoms with Gasteiger partial charge in [0.25, 0.3) is 5.91 Å². The molecular weight excluding hydrogens is 448 g/mol. The quantitative estimate of drug-likeness (QED) is 0.518. The van der Waals surface area contributed by atoms with Crippen molar-refractivity contribution in [3.05, 3.63) is 95.6 Å². The van der Waals surface area contributed by atoms with Gasteiger partial charge < -0.3 is 9.64 Å². The highest BCUT2D eigenvalue weighted by molar-refractivity contribution is 7.89. The third-order valence-corrected chi connectivity index (χ3v) is 7.75. The summed E-state index contributed by atoms with van der Waals surface area (Å²) >= 11 is 0. The Bertz CT molecular complexity index is 1220. The van der Waals surface area contributed by atoms with Gasteiger partial charge >= 0.3 is 0 Å². The van der Waals surface area contributed by atoms with Gasteiger partial charge in [0.2, 0.25) is 10.0 Å². The molecule has 4 rings (SSSR count). The van der Waals surface area contributed by atoms with Crippen LogP contribution >= 0.6 is 0 Å². The predicted molar refractivity (Wildman–Crippen MR) is 133 cm³/mol. The van der Waals surface area contributed by atoms with Crippen LogP contribution in [0.25, 0.3) is 0 Å². The number of benzene rings is 3. The highest BCUT2D eigenvalue weighted by Crippen LogP contribution is 2.24. The minimum Gasteiger partial charge on any atom is -0.373 e. The second-order valence-electron chi connectivity index (χ2n) is 8.82. The summed E-state index contributed by atoms with van der Waals surface area (Å²) in [6.07, 6.45) is -0.333. The number of nitrogens with zero attached hydrogens (tertiary/aromatic N) is 2. The number of hydrogen-bond donors (Lipinski definition) is 0. The summed E-state index contributed by atoms with van der Waals surface area (Å²) in [5.41, 5.74) is 3.33. The molecule has 0 aromatic heterocycles. The molecule has 0 spiro atoms. The lowest BCUT2D eigenvalue weighted by Gasteiger charge is -2.34. The van der Waals surface area contributed by atoms with Crippen molar-refractivity contribution in [1.82, 2.24) is 4.31 Å². The molecule has 1 saturated heterocycles. The van der Waals surface area contributed by atoms with Crippen LogP contribution in [-0.2, 0) is 21.3 Å². The van der Waals surface area contributed by atoms with Crippen LogP contribution in [0.3, 0.4) is 0 Å². The average molecular weight is 479 g/mol. The van der Waals surface area contributed by atoms with E-state index in [9.17, 15) is 13.2 Å². The van der Waals surface area contributed by atoms with Gasteiger partial charge in [0, 0.05) is 24.3 Å². The summed E-state index contributed by atoms with van der Waals surface area (Å²) < 4.78 is 33.4. The van der Waals surface area contributed by atoms with Crippen molar-refractivity contribution in [2.45, 2.75) is 44.4 Å². The molecular formula is C27H30N2O4S. The molecule has 0 unspecified atom stereocenters. The number of hydrogen-bond acceptors (Lipinski definition) is 4. The standard InChI is InChI=1S/C27H30N2O4S/c1-20-9-13-25(14-10-20)29(19-23-7-5-4-6-8-23)27(30)24-11-15-26(16-12-24)34(31,32)28-17-21(2)33-22(3)18-28/h4-16,21-22H,17-19H2,1-3H3/t21-,22-/m0/s1. The molecule has 1 fully saturated rings. The molecule has 0 N–H and O–H groups in total. The van der Waals surface area contributed by atoms with Crippen molar-refractivity contribution < 1.29 is 17.9 Å². The molecule has 0 radical (unpaired) electrons. The topological polar surface area (TPSA) is 66.9 Å². The van der Waals surface area contributed by atoms with Gasteiger partial charge in [-0.15, -0.1) is 0 Å². The van der Waals surface area contributed by atoms with Gasteiger partial charge in [0.05, 0.1) is 23.6 Å². The summed E-state index contributed by atoms with van der Waals surface area (Å²) in [7, 11) is -3.67. The van der Waals surface area contributed by atoms with Crippen LogP contribution in [0.15, 0.2) is 83.8 Å². The van der Waals surface area contributed by atoms with Crippen LogP contribution in [0.4, 0.5) is 5.69 Å². The Balaban J connectivity index is 1.60. The van der Waals surface area contributed by atoms with Crippen molar-refractivity contribution in [3.63, 3.8) is 0 Å². The molecule has 3 aromatic carbocycles. The number of sulfonamides is 1. The van der Waals surface area contributed by atoms with Gasteiger partial charge in [0.15, 0.2) is 0 Å². The highest BCUT2D eigenvalue weighted by Gasteiger charge is 2.32. The summed E-state index contributed by atoms with van der Waals surface area (Å²) in [5.74, 6) is -0.190. The number of anilines is 1. The Hall–Kier alpha value is -3.00. The largest absolute Gasteiger partial charge is 0.373 e. The molecule has 0 bridgehead atoms. The zero-order valence-electron chi connectivity index (χ0n) is 19.7. The van der Waals surface area contributed by atoms with Crippen molar-refractivity contribution in [2.24, 2.45) is 0 Å². The lowest BCUT2D eigenvalue weighted by atomic mass is 10.1. The smallest absolute Gasteiger partial charge is 0.258 e. The van der Waals surface area contributed by atoms with Crippen LogP contribution in [-0.4, -0.2) is 43.9 Å². The van der Waals surface area contributed by atoms with E-state index in [1.807, 2.05) is 75.4 Å². The van der Waals surface area contributed by atoms with E-state index >= 15 is 0 Å². The molecule has 1 aliphatic rings. The minimum atomic E-state index is -3.67. The minimum absolute atomic E-state index is 0.166. The van der Waals surface area contributed by atoms with Crippen LogP contribution in [0.1, 0.15) is 35.3 Å². The Morgan fingerprint density at radius 1 is 0.912 bits per heavy atom. The van der Waals surface area contributed by atoms with Crippen LogP contribution in [0.2, 0.25) is 0 Å². The first kappa shape index (κ1) is 24.1. The van der Waals surface area contributed by atoms with Crippen molar-refractivity contribution >= 4 is 21.6 Å². The second kappa shape index (κ2) is 10.1. The van der Waals surface area contributed by atoms with Gasteiger partial charge in [-0.2, -0.15) is 4.31 Å². The molecule has 1 aliphatic heterocycles. The Kier molecular flexibility index (Phi) is 7.16. The molecule has 0 aliphatic carbocycles. The molecule has 1 amide bonds. The molecule has 178 valence electrons. The average Bonchev–Trinajstić information content (AvgIpc) is 2.83. The highest BCUT2D eigenvalue weighted by atomic mass is 32.2. The molecule has 3 aromatic rings. The van der Waals surface area contributed by atoms with E-state index < -0.39 is 10.0 Å². The van der Waals surface area contributed by atoms with E-state index in [0.717, 1.165) is 16.8 Å².